The van der Waals surface area contributed by atoms with Gasteiger partial charge in [-0.3, -0.25) is 0 Å². The van der Waals surface area contributed by atoms with E-state index in [0.29, 0.717) is 17.5 Å². The fourth-order valence-electron chi connectivity index (χ4n) is 9.35. The van der Waals surface area contributed by atoms with Gasteiger partial charge in [-0.25, -0.2) is 15.0 Å². The molecule has 0 radical (unpaired) electrons. The van der Waals surface area contributed by atoms with Crippen LogP contribution in [0.3, 0.4) is 0 Å². The van der Waals surface area contributed by atoms with E-state index in [-0.39, 0.29) is 0 Å². The number of allylic oxidation sites excluding steroid dienone is 2. The van der Waals surface area contributed by atoms with E-state index >= 15 is 0 Å². The van der Waals surface area contributed by atoms with Crippen molar-refractivity contribution in [2.24, 2.45) is 0 Å². The Morgan fingerprint density at radius 3 is 1.48 bits per heavy atom. The van der Waals surface area contributed by atoms with Gasteiger partial charge in [0.05, 0.1) is 11.2 Å². The fraction of sp³-hybridized carbons (Fsp3) is 0.0556. The van der Waals surface area contributed by atoms with Gasteiger partial charge in [0.2, 0.25) is 0 Å². The Hall–Kier alpha value is -7.43. The van der Waals surface area contributed by atoms with Crippen molar-refractivity contribution in [3.63, 3.8) is 0 Å². The lowest BCUT2D eigenvalue weighted by Gasteiger charge is -2.14. The molecule has 11 rings (SSSR count). The van der Waals surface area contributed by atoms with E-state index in [1.165, 1.54) is 83.5 Å². The van der Waals surface area contributed by atoms with Gasteiger partial charge in [0.25, 0.3) is 0 Å². The maximum absolute atomic E-state index is 5.13. The minimum Gasteiger partial charge on any atom is -0.309 e. The summed E-state index contributed by atoms with van der Waals surface area (Å²) >= 11 is 0. The Morgan fingerprint density at radius 1 is 0.466 bits per heavy atom. The summed E-state index contributed by atoms with van der Waals surface area (Å²) in [6, 6.07) is 56.2. The van der Waals surface area contributed by atoms with Crippen molar-refractivity contribution in [2.75, 3.05) is 0 Å². The minimum atomic E-state index is 0.670. The monoisotopic (exact) mass is 742 g/mol. The van der Waals surface area contributed by atoms with Crippen LogP contribution >= 0.6 is 0 Å². The van der Waals surface area contributed by atoms with E-state index in [2.05, 4.69) is 145 Å². The van der Waals surface area contributed by atoms with Crippen molar-refractivity contribution in [2.45, 2.75) is 19.8 Å². The molecule has 0 atom stereocenters. The van der Waals surface area contributed by atoms with Crippen molar-refractivity contribution in [3.8, 4) is 73.2 Å². The van der Waals surface area contributed by atoms with E-state index in [9.17, 15) is 0 Å². The van der Waals surface area contributed by atoms with Gasteiger partial charge in [0.1, 0.15) is 0 Å². The predicted octanol–water partition coefficient (Wildman–Crippen LogP) is 13.1. The first-order valence-corrected chi connectivity index (χ1v) is 19.9. The molecule has 0 saturated heterocycles. The maximum Gasteiger partial charge on any atom is 0.164 e. The Balaban J connectivity index is 1.02. The van der Waals surface area contributed by atoms with Crippen molar-refractivity contribution in [1.82, 2.24) is 19.5 Å². The number of para-hydroxylation sites is 1. The summed E-state index contributed by atoms with van der Waals surface area (Å²) in [4.78, 5) is 15.2. The summed E-state index contributed by atoms with van der Waals surface area (Å²) in [6.45, 7) is 6.19. The van der Waals surface area contributed by atoms with Crippen LogP contribution in [-0.2, 0) is 12.8 Å². The van der Waals surface area contributed by atoms with Gasteiger partial charge < -0.3 is 4.57 Å². The molecule has 4 heteroatoms. The molecule has 0 N–H and O–H groups in total. The lowest BCUT2D eigenvalue weighted by Crippen LogP contribution is -2.02. The van der Waals surface area contributed by atoms with Crippen LogP contribution in [0.2, 0.25) is 0 Å². The van der Waals surface area contributed by atoms with Gasteiger partial charge in [0.15, 0.2) is 17.5 Å². The molecule has 9 aromatic rings. The normalized spacial score (nSPS) is 12.4. The number of aryl methyl sites for hydroxylation is 1. The first-order chi connectivity index (χ1) is 28.7. The van der Waals surface area contributed by atoms with Crippen LogP contribution in [0.1, 0.15) is 33.5 Å². The highest BCUT2D eigenvalue weighted by Crippen LogP contribution is 2.49. The Kier molecular flexibility index (Phi) is 7.97. The molecular weight excluding hydrogens is 705 g/mol. The smallest absolute Gasteiger partial charge is 0.164 e. The number of rotatable bonds is 7. The SMILES string of the molecule is C=C/C=C\c1c(C)c2ccccc2n1-c1cccc2c1Cc1c(-c3cccc4c3Cc3c(-c5nc(-c6ccccc6)nc(-c6ccccc6)n5)cccc3-4)cccc1-2. The van der Waals surface area contributed by atoms with Crippen LogP contribution in [0.15, 0.2) is 176 Å². The average molecular weight is 743 g/mol. The largest absolute Gasteiger partial charge is 0.309 e. The summed E-state index contributed by atoms with van der Waals surface area (Å²) in [5, 5.41) is 1.27. The molecule has 58 heavy (non-hydrogen) atoms. The number of hydrogen-bond acceptors (Lipinski definition) is 3. The molecule has 274 valence electrons. The third kappa shape index (κ3) is 5.33. The molecule has 0 aliphatic heterocycles. The summed E-state index contributed by atoms with van der Waals surface area (Å²) in [5.74, 6) is 2.03. The Labute approximate surface area is 338 Å². The second-order valence-corrected chi connectivity index (χ2v) is 15.1. The van der Waals surface area contributed by atoms with Gasteiger partial charge >= 0.3 is 0 Å². The first-order valence-electron chi connectivity index (χ1n) is 19.9. The van der Waals surface area contributed by atoms with E-state index in [1.54, 1.807) is 0 Å². The molecule has 2 aliphatic carbocycles. The van der Waals surface area contributed by atoms with Gasteiger partial charge in [-0.15, -0.1) is 0 Å². The summed E-state index contributed by atoms with van der Waals surface area (Å²) in [5.41, 5.74) is 20.9. The standard InChI is InChI=1S/C54H38N4/c1-3-4-29-49-34(2)37-21-11-12-30-50(37)58(49)51-31-16-27-43-42-25-14-23-39(46(42)33-48(43)51)38-22-13-24-40-41-26-15-28-44(47(41)32-45(38)40)54-56-52(35-17-7-5-8-18-35)55-53(57-54)36-19-9-6-10-20-36/h3-31H,1,32-33H2,2H3/b29-4-. The van der Waals surface area contributed by atoms with Gasteiger partial charge in [-0.05, 0) is 86.3 Å². The third-order valence-electron chi connectivity index (χ3n) is 12.0. The molecule has 2 aliphatic rings. The highest BCUT2D eigenvalue weighted by molar-refractivity contribution is 5.95. The lowest BCUT2D eigenvalue weighted by atomic mass is 9.90. The first kappa shape index (κ1) is 33.9. The van der Waals surface area contributed by atoms with Crippen molar-refractivity contribution >= 4 is 17.0 Å². The van der Waals surface area contributed by atoms with E-state index in [4.69, 9.17) is 15.0 Å². The quantitative estimate of drug-likeness (QED) is 0.153. The Bertz CT molecular complexity index is 3080. The summed E-state index contributed by atoms with van der Waals surface area (Å²) < 4.78 is 2.45. The van der Waals surface area contributed by atoms with Crippen LogP contribution < -0.4 is 0 Å². The maximum atomic E-state index is 5.13. The zero-order valence-corrected chi connectivity index (χ0v) is 32.2. The zero-order valence-electron chi connectivity index (χ0n) is 32.2. The highest BCUT2D eigenvalue weighted by Gasteiger charge is 2.30. The number of hydrogen-bond donors (Lipinski definition) is 0. The molecule has 4 nitrogen and oxygen atoms in total. The van der Waals surface area contributed by atoms with Gasteiger partial charge in [-0.1, -0.05) is 164 Å². The van der Waals surface area contributed by atoms with Gasteiger partial charge in [-0.2, -0.15) is 0 Å². The zero-order chi connectivity index (χ0) is 38.7. The number of fused-ring (bicyclic) bond motifs is 7. The average Bonchev–Trinajstić information content (AvgIpc) is 3.95. The van der Waals surface area contributed by atoms with E-state index < -0.39 is 0 Å². The minimum absolute atomic E-state index is 0.670. The number of benzene rings is 7. The molecule has 7 aromatic carbocycles. The molecule has 0 spiro atoms. The highest BCUT2D eigenvalue weighted by atomic mass is 15.0. The fourth-order valence-corrected chi connectivity index (χ4v) is 9.35. The molecule has 2 heterocycles. The molecular formula is C54H38N4. The van der Waals surface area contributed by atoms with Crippen LogP contribution in [0, 0.1) is 6.92 Å². The van der Waals surface area contributed by atoms with Crippen LogP contribution in [0.5, 0.6) is 0 Å². The molecule has 2 aromatic heterocycles. The molecule has 0 bridgehead atoms. The van der Waals surface area contributed by atoms with Crippen molar-refractivity contribution < 1.29 is 0 Å². The topological polar surface area (TPSA) is 43.6 Å². The number of nitrogens with zero attached hydrogens (tertiary/aromatic N) is 4. The lowest BCUT2D eigenvalue weighted by molar-refractivity contribution is 1.06. The number of aromatic nitrogens is 4. The molecule has 0 fully saturated rings. The van der Waals surface area contributed by atoms with Crippen LogP contribution in [-0.4, -0.2) is 19.5 Å². The summed E-state index contributed by atoms with van der Waals surface area (Å²) in [6.07, 6.45) is 7.73. The molecule has 0 saturated carbocycles. The van der Waals surface area contributed by atoms with Crippen molar-refractivity contribution in [3.05, 3.63) is 210 Å². The molecule has 0 unspecified atom stereocenters. The second-order valence-electron chi connectivity index (χ2n) is 15.1. The van der Waals surface area contributed by atoms with E-state index in [1.807, 2.05) is 48.6 Å². The van der Waals surface area contributed by atoms with E-state index in [0.717, 1.165) is 29.5 Å². The third-order valence-corrected chi connectivity index (χ3v) is 12.0. The Morgan fingerprint density at radius 2 is 0.914 bits per heavy atom. The van der Waals surface area contributed by atoms with Crippen LogP contribution in [0.25, 0.3) is 90.2 Å². The molecule has 0 amide bonds. The van der Waals surface area contributed by atoms with Crippen LogP contribution in [0.4, 0.5) is 0 Å². The summed E-state index contributed by atoms with van der Waals surface area (Å²) in [7, 11) is 0. The van der Waals surface area contributed by atoms with Crippen molar-refractivity contribution in [1.29, 1.82) is 0 Å². The second kappa shape index (κ2) is 13.6. The predicted molar refractivity (Wildman–Crippen MR) is 239 cm³/mol. The van der Waals surface area contributed by atoms with Gasteiger partial charge in [0, 0.05) is 40.6 Å².